The second-order valence-electron chi connectivity index (χ2n) is 6.57. The summed E-state index contributed by atoms with van der Waals surface area (Å²) in [5.74, 6) is -0.823. The molecule has 1 aromatic heterocycles. The van der Waals surface area contributed by atoms with Gasteiger partial charge in [-0.1, -0.05) is 19.1 Å². The van der Waals surface area contributed by atoms with E-state index in [1.54, 1.807) is 12.1 Å². The molecule has 1 aromatic carbocycles. The number of benzene rings is 1. The van der Waals surface area contributed by atoms with Crippen LogP contribution < -0.4 is 16.2 Å². The van der Waals surface area contributed by atoms with Gasteiger partial charge in [0, 0.05) is 19.3 Å². The maximum atomic E-state index is 13.1. The van der Waals surface area contributed by atoms with Gasteiger partial charge in [-0.15, -0.1) is 0 Å². The van der Waals surface area contributed by atoms with Crippen molar-refractivity contribution in [3.8, 4) is 0 Å². The Morgan fingerprint density at radius 3 is 2.46 bits per heavy atom. The molecule has 136 valence electrons. The summed E-state index contributed by atoms with van der Waals surface area (Å²) in [5, 5.41) is 5.30. The fourth-order valence-corrected chi connectivity index (χ4v) is 2.74. The van der Waals surface area contributed by atoms with Gasteiger partial charge in [-0.05, 0) is 36.1 Å². The molecule has 3 rings (SSSR count). The third kappa shape index (κ3) is 3.82. The van der Waals surface area contributed by atoms with Gasteiger partial charge in [-0.3, -0.25) is 14.4 Å². The fourth-order valence-electron chi connectivity index (χ4n) is 2.74. The zero-order chi connectivity index (χ0) is 18.8. The molecule has 2 aromatic rings. The highest BCUT2D eigenvalue weighted by molar-refractivity contribution is 5.99. The van der Waals surface area contributed by atoms with E-state index >= 15 is 0 Å². The van der Waals surface area contributed by atoms with Crippen LogP contribution >= 0.6 is 0 Å². The zero-order valence-corrected chi connectivity index (χ0v) is 14.6. The normalized spacial score (nSPS) is 18.3. The van der Waals surface area contributed by atoms with Crippen molar-refractivity contribution in [1.82, 2.24) is 15.2 Å². The minimum atomic E-state index is -0.558. The molecule has 2 amide bonds. The van der Waals surface area contributed by atoms with Crippen molar-refractivity contribution in [1.29, 1.82) is 0 Å². The van der Waals surface area contributed by atoms with Crippen LogP contribution in [0.3, 0.4) is 0 Å². The van der Waals surface area contributed by atoms with Crippen LogP contribution in [0.4, 0.5) is 4.39 Å². The number of carbonyl (C=O) groups is 2. The lowest BCUT2D eigenvalue weighted by Crippen LogP contribution is -2.34. The number of carbonyl (C=O) groups excluding carboxylic acids is 2. The van der Waals surface area contributed by atoms with Gasteiger partial charge in [-0.2, -0.15) is 0 Å². The van der Waals surface area contributed by atoms with E-state index in [9.17, 15) is 18.8 Å². The van der Waals surface area contributed by atoms with Crippen LogP contribution in [0.15, 0.2) is 41.3 Å². The quantitative estimate of drug-likeness (QED) is 0.852. The van der Waals surface area contributed by atoms with Gasteiger partial charge in [0.25, 0.3) is 17.4 Å². The number of nitrogens with one attached hydrogen (secondary N) is 2. The molecule has 26 heavy (non-hydrogen) atoms. The van der Waals surface area contributed by atoms with Gasteiger partial charge in [0.1, 0.15) is 11.4 Å². The molecule has 2 atom stereocenters. The van der Waals surface area contributed by atoms with Gasteiger partial charge in [0.15, 0.2) is 0 Å². The third-order valence-electron chi connectivity index (χ3n) is 4.51. The van der Waals surface area contributed by atoms with Crippen LogP contribution in [0.5, 0.6) is 0 Å². The van der Waals surface area contributed by atoms with Crippen LogP contribution in [0.2, 0.25) is 0 Å². The number of rotatable bonds is 5. The highest BCUT2D eigenvalue weighted by atomic mass is 19.1. The van der Waals surface area contributed by atoms with Gasteiger partial charge in [-0.25, -0.2) is 4.39 Å². The van der Waals surface area contributed by atoms with Gasteiger partial charge in [0.2, 0.25) is 0 Å². The lowest BCUT2D eigenvalue weighted by Gasteiger charge is -2.12. The first-order chi connectivity index (χ1) is 12.4. The second kappa shape index (κ2) is 7.11. The van der Waals surface area contributed by atoms with Gasteiger partial charge < -0.3 is 15.2 Å². The predicted octanol–water partition coefficient (Wildman–Crippen LogP) is 1.53. The van der Waals surface area contributed by atoms with Crippen molar-refractivity contribution >= 4 is 11.8 Å². The molecule has 0 saturated heterocycles. The molecule has 0 spiro atoms. The zero-order valence-electron chi connectivity index (χ0n) is 14.6. The lowest BCUT2D eigenvalue weighted by atomic mass is 10.1. The summed E-state index contributed by atoms with van der Waals surface area (Å²) in [4.78, 5) is 37.1. The first-order valence-electron chi connectivity index (χ1n) is 8.41. The summed E-state index contributed by atoms with van der Waals surface area (Å²) in [6.07, 6.45) is 2.35. The van der Waals surface area contributed by atoms with E-state index in [1.165, 1.54) is 36.0 Å². The van der Waals surface area contributed by atoms with Crippen molar-refractivity contribution in [3.05, 3.63) is 69.4 Å². The van der Waals surface area contributed by atoms with E-state index in [1.807, 2.05) is 6.92 Å². The van der Waals surface area contributed by atoms with E-state index in [-0.39, 0.29) is 35.4 Å². The average Bonchev–Trinajstić information content (AvgIpc) is 3.32. The molecule has 6 nitrogen and oxygen atoms in total. The monoisotopic (exact) mass is 357 g/mol. The van der Waals surface area contributed by atoms with Crippen LogP contribution in [0.1, 0.15) is 39.6 Å². The van der Waals surface area contributed by atoms with E-state index in [0.29, 0.717) is 11.5 Å². The summed E-state index contributed by atoms with van der Waals surface area (Å²) >= 11 is 0. The topological polar surface area (TPSA) is 80.2 Å². The van der Waals surface area contributed by atoms with Crippen LogP contribution in [0, 0.1) is 11.7 Å². The molecule has 1 fully saturated rings. The molecule has 1 heterocycles. The van der Waals surface area contributed by atoms with Crippen molar-refractivity contribution < 1.29 is 14.0 Å². The molecule has 0 radical (unpaired) electrons. The van der Waals surface area contributed by atoms with E-state index in [4.69, 9.17) is 0 Å². The Morgan fingerprint density at radius 2 is 1.88 bits per heavy atom. The number of halogens is 1. The van der Waals surface area contributed by atoms with E-state index in [0.717, 1.165) is 6.42 Å². The SMILES string of the molecule is CNC(=O)c1cc(C(=O)N[C@H]2C[C@@H]2C)cn(Cc2ccc(F)cc2)c1=O. The van der Waals surface area contributed by atoms with E-state index in [2.05, 4.69) is 10.6 Å². The highest BCUT2D eigenvalue weighted by Gasteiger charge is 2.34. The largest absolute Gasteiger partial charge is 0.355 e. The molecule has 1 aliphatic carbocycles. The Kier molecular flexibility index (Phi) is 4.88. The van der Waals surface area contributed by atoms with E-state index < -0.39 is 11.5 Å². The molecule has 7 heteroatoms. The molecule has 0 aliphatic heterocycles. The maximum absolute atomic E-state index is 13.1. The first-order valence-corrected chi connectivity index (χ1v) is 8.41. The number of amides is 2. The molecular formula is C19H20FN3O3. The Morgan fingerprint density at radius 1 is 1.23 bits per heavy atom. The van der Waals surface area contributed by atoms with Gasteiger partial charge >= 0.3 is 0 Å². The Labute approximate surface area is 150 Å². The maximum Gasteiger partial charge on any atom is 0.263 e. The molecule has 1 saturated carbocycles. The second-order valence-corrected chi connectivity index (χ2v) is 6.57. The Hall–Kier alpha value is -2.96. The summed E-state index contributed by atoms with van der Waals surface area (Å²) in [6.45, 7) is 2.17. The average molecular weight is 357 g/mol. The third-order valence-corrected chi connectivity index (χ3v) is 4.51. The van der Waals surface area contributed by atoms with Crippen LogP contribution in [-0.4, -0.2) is 29.5 Å². The summed E-state index contributed by atoms with van der Waals surface area (Å²) in [6, 6.07) is 7.14. The fraction of sp³-hybridized carbons (Fsp3) is 0.316. The standard InChI is InChI=1S/C19H20FN3O3/c1-11-7-16(11)22-17(24)13-8-15(18(25)21-2)19(26)23(10-13)9-12-3-5-14(20)6-4-12/h3-6,8,10-11,16H,7,9H2,1-2H3,(H,21,25)(H,22,24)/t11-,16-/m0/s1. The minimum Gasteiger partial charge on any atom is -0.355 e. The molecular weight excluding hydrogens is 337 g/mol. The molecule has 2 N–H and O–H groups in total. The van der Waals surface area contributed by atoms with Crippen LogP contribution in [0.25, 0.3) is 0 Å². The van der Waals surface area contributed by atoms with Gasteiger partial charge in [0.05, 0.1) is 12.1 Å². The van der Waals surface area contributed by atoms with Crippen molar-refractivity contribution in [3.63, 3.8) is 0 Å². The summed E-state index contributed by atoms with van der Waals surface area (Å²) in [5.41, 5.74) is 0.310. The number of nitrogens with zero attached hydrogens (tertiary/aromatic N) is 1. The Bertz CT molecular complexity index is 905. The van der Waals surface area contributed by atoms with Crippen molar-refractivity contribution in [2.24, 2.45) is 5.92 Å². The predicted molar refractivity (Wildman–Crippen MR) is 94.6 cm³/mol. The number of hydrogen-bond acceptors (Lipinski definition) is 3. The van der Waals surface area contributed by atoms with Crippen molar-refractivity contribution in [2.45, 2.75) is 25.9 Å². The number of hydrogen-bond donors (Lipinski definition) is 2. The molecule has 0 bridgehead atoms. The number of aromatic nitrogens is 1. The molecule has 1 aliphatic rings. The lowest BCUT2D eigenvalue weighted by molar-refractivity contribution is 0.0948. The smallest absolute Gasteiger partial charge is 0.263 e. The van der Waals surface area contributed by atoms with Crippen molar-refractivity contribution in [2.75, 3.05) is 7.05 Å². The first kappa shape index (κ1) is 17.8. The Balaban J connectivity index is 1.96. The number of pyridine rings is 1. The highest BCUT2D eigenvalue weighted by Crippen LogP contribution is 2.29. The summed E-state index contributed by atoms with van der Waals surface area (Å²) in [7, 11) is 1.42. The van der Waals surface area contributed by atoms with Crippen LogP contribution in [-0.2, 0) is 6.54 Å². The summed E-state index contributed by atoms with van der Waals surface area (Å²) < 4.78 is 14.4. The molecule has 0 unspecified atom stereocenters. The minimum absolute atomic E-state index is 0.105.